The van der Waals surface area contributed by atoms with Crippen molar-refractivity contribution >= 4 is 11.9 Å². The summed E-state index contributed by atoms with van der Waals surface area (Å²) in [5, 5.41) is 9.09. The number of carbonyl (C=O) groups excluding carboxylic acids is 1. The number of rotatable bonds is 4. The van der Waals surface area contributed by atoms with Crippen molar-refractivity contribution in [2.75, 3.05) is 6.54 Å². The van der Waals surface area contributed by atoms with Crippen LogP contribution in [0.5, 0.6) is 0 Å². The Balaban J connectivity index is 1.83. The lowest BCUT2D eigenvalue weighted by atomic mass is 9.92. The number of nitrogens with zero attached hydrogens (tertiary/aromatic N) is 1. The van der Waals surface area contributed by atoms with Crippen LogP contribution in [-0.2, 0) is 9.59 Å². The first kappa shape index (κ1) is 14.4. The maximum atomic E-state index is 12.3. The predicted molar refractivity (Wildman–Crippen MR) is 72.7 cm³/mol. The lowest BCUT2D eigenvalue weighted by Gasteiger charge is -2.36. The van der Waals surface area contributed by atoms with Gasteiger partial charge in [-0.1, -0.05) is 25.7 Å². The number of hydrogen-bond acceptors (Lipinski definition) is 2. The van der Waals surface area contributed by atoms with Crippen molar-refractivity contribution in [2.24, 2.45) is 11.8 Å². The minimum Gasteiger partial charge on any atom is -0.481 e. The van der Waals surface area contributed by atoms with Crippen LogP contribution in [0.15, 0.2) is 0 Å². The van der Waals surface area contributed by atoms with Gasteiger partial charge in [0.05, 0.1) is 5.92 Å². The number of carboxylic acid groups (broad SMARTS) is 1. The highest BCUT2D eigenvalue weighted by Crippen LogP contribution is 2.29. The van der Waals surface area contributed by atoms with Gasteiger partial charge in [0, 0.05) is 19.0 Å². The Hall–Kier alpha value is -1.06. The number of amides is 1. The van der Waals surface area contributed by atoms with Gasteiger partial charge >= 0.3 is 5.97 Å². The van der Waals surface area contributed by atoms with Crippen molar-refractivity contribution in [3.8, 4) is 0 Å². The predicted octanol–water partition coefficient (Wildman–Crippen LogP) is 2.67. The lowest BCUT2D eigenvalue weighted by Crippen LogP contribution is -2.47. The van der Waals surface area contributed by atoms with E-state index in [1.165, 1.54) is 25.7 Å². The molecule has 1 saturated heterocycles. The first-order chi connectivity index (χ1) is 9.08. The summed E-state index contributed by atoms with van der Waals surface area (Å²) in [6.07, 6.45) is 8.23. The van der Waals surface area contributed by atoms with Gasteiger partial charge in [0.2, 0.25) is 5.91 Å². The molecule has 19 heavy (non-hydrogen) atoms. The molecule has 1 amide bonds. The van der Waals surface area contributed by atoms with Crippen LogP contribution < -0.4 is 0 Å². The number of piperidine rings is 1. The zero-order valence-corrected chi connectivity index (χ0v) is 11.8. The summed E-state index contributed by atoms with van der Waals surface area (Å²) in [6.45, 7) is 2.44. The van der Waals surface area contributed by atoms with E-state index in [4.69, 9.17) is 5.11 Å². The molecular formula is C15H25NO3. The highest BCUT2D eigenvalue weighted by atomic mass is 16.4. The average molecular weight is 267 g/mol. The molecule has 2 aliphatic rings. The molecule has 2 rings (SSSR count). The van der Waals surface area contributed by atoms with Crippen LogP contribution in [0.1, 0.15) is 58.3 Å². The van der Waals surface area contributed by atoms with E-state index >= 15 is 0 Å². The van der Waals surface area contributed by atoms with Crippen molar-refractivity contribution in [1.29, 1.82) is 0 Å². The first-order valence-corrected chi connectivity index (χ1v) is 7.60. The normalized spacial score (nSPS) is 28.6. The fraction of sp³-hybridized carbons (Fsp3) is 0.867. The number of hydrogen-bond donors (Lipinski definition) is 1. The summed E-state index contributed by atoms with van der Waals surface area (Å²) in [5.74, 6) is -0.253. The Morgan fingerprint density at radius 2 is 1.84 bits per heavy atom. The highest BCUT2D eigenvalue weighted by molar-refractivity contribution is 5.78. The van der Waals surface area contributed by atoms with Crippen LogP contribution in [-0.4, -0.2) is 34.5 Å². The molecule has 2 atom stereocenters. The third-order valence-electron chi connectivity index (χ3n) is 4.79. The molecular weight excluding hydrogens is 242 g/mol. The van der Waals surface area contributed by atoms with E-state index < -0.39 is 5.97 Å². The Kier molecular flexibility index (Phi) is 4.83. The lowest BCUT2D eigenvalue weighted by molar-refractivity contribution is -0.147. The number of carbonyl (C=O) groups is 2. The van der Waals surface area contributed by atoms with Gasteiger partial charge in [0.15, 0.2) is 0 Å². The molecule has 1 aliphatic heterocycles. The zero-order chi connectivity index (χ0) is 13.8. The third kappa shape index (κ3) is 3.71. The Morgan fingerprint density at radius 3 is 2.47 bits per heavy atom. The highest BCUT2D eigenvalue weighted by Gasteiger charge is 2.32. The van der Waals surface area contributed by atoms with Crippen LogP contribution in [0.25, 0.3) is 0 Å². The van der Waals surface area contributed by atoms with E-state index in [9.17, 15) is 9.59 Å². The fourth-order valence-corrected chi connectivity index (χ4v) is 3.43. The maximum absolute atomic E-state index is 12.3. The van der Waals surface area contributed by atoms with E-state index in [0.717, 1.165) is 18.8 Å². The molecule has 0 aromatic heterocycles. The van der Waals surface area contributed by atoms with Gasteiger partial charge in [0.1, 0.15) is 0 Å². The Labute approximate surface area is 115 Å². The maximum Gasteiger partial charge on any atom is 0.308 e. The molecule has 1 saturated carbocycles. The SMILES string of the molecule is CC1CCC(C(=O)O)CN1C(=O)CCC1CCCC1. The largest absolute Gasteiger partial charge is 0.481 e. The van der Waals surface area contributed by atoms with Gasteiger partial charge in [-0.05, 0) is 32.1 Å². The van der Waals surface area contributed by atoms with Crippen molar-refractivity contribution in [1.82, 2.24) is 4.90 Å². The van der Waals surface area contributed by atoms with E-state index in [0.29, 0.717) is 19.4 Å². The van der Waals surface area contributed by atoms with E-state index in [1.54, 1.807) is 4.90 Å². The second-order valence-corrected chi connectivity index (χ2v) is 6.20. The smallest absolute Gasteiger partial charge is 0.308 e. The molecule has 0 bridgehead atoms. The Morgan fingerprint density at radius 1 is 1.16 bits per heavy atom. The van der Waals surface area contributed by atoms with Gasteiger partial charge < -0.3 is 10.0 Å². The van der Waals surface area contributed by atoms with Crippen LogP contribution in [0.4, 0.5) is 0 Å². The van der Waals surface area contributed by atoms with E-state index in [-0.39, 0.29) is 17.9 Å². The molecule has 1 N–H and O–H groups in total. The van der Waals surface area contributed by atoms with Crippen LogP contribution in [0, 0.1) is 11.8 Å². The van der Waals surface area contributed by atoms with Crippen molar-refractivity contribution in [2.45, 2.75) is 64.3 Å². The zero-order valence-electron chi connectivity index (χ0n) is 11.8. The fourth-order valence-electron chi connectivity index (χ4n) is 3.43. The topological polar surface area (TPSA) is 57.6 Å². The number of aliphatic carboxylic acids is 1. The molecule has 1 aliphatic carbocycles. The second-order valence-electron chi connectivity index (χ2n) is 6.20. The Bertz CT molecular complexity index is 336. The molecule has 0 aromatic carbocycles. The number of carboxylic acids is 1. The second kappa shape index (κ2) is 6.40. The monoisotopic (exact) mass is 267 g/mol. The van der Waals surface area contributed by atoms with Gasteiger partial charge in [-0.3, -0.25) is 9.59 Å². The van der Waals surface area contributed by atoms with Crippen LogP contribution in [0.2, 0.25) is 0 Å². The summed E-state index contributed by atoms with van der Waals surface area (Å²) in [7, 11) is 0. The average Bonchev–Trinajstić information content (AvgIpc) is 2.89. The molecule has 4 heteroatoms. The molecule has 0 spiro atoms. The molecule has 0 radical (unpaired) electrons. The summed E-state index contributed by atoms with van der Waals surface area (Å²) < 4.78 is 0. The molecule has 108 valence electrons. The molecule has 1 heterocycles. The van der Waals surface area contributed by atoms with Gasteiger partial charge in [0.25, 0.3) is 0 Å². The standard InChI is InChI=1S/C15H25NO3/c1-11-6-8-13(15(18)19)10-16(11)14(17)9-7-12-4-2-3-5-12/h11-13H,2-10H2,1H3,(H,18,19). The van der Waals surface area contributed by atoms with Gasteiger partial charge in [-0.2, -0.15) is 0 Å². The van der Waals surface area contributed by atoms with Gasteiger partial charge in [-0.15, -0.1) is 0 Å². The van der Waals surface area contributed by atoms with Crippen LogP contribution in [0.3, 0.4) is 0 Å². The summed E-state index contributed by atoms with van der Waals surface area (Å²) in [5.41, 5.74) is 0. The van der Waals surface area contributed by atoms with Crippen molar-refractivity contribution < 1.29 is 14.7 Å². The summed E-state index contributed by atoms with van der Waals surface area (Å²) in [4.78, 5) is 25.1. The minimum absolute atomic E-state index is 0.158. The number of likely N-dealkylation sites (tertiary alicyclic amines) is 1. The molecule has 0 aromatic rings. The van der Waals surface area contributed by atoms with Crippen LogP contribution >= 0.6 is 0 Å². The molecule has 4 nitrogen and oxygen atoms in total. The summed E-state index contributed by atoms with van der Waals surface area (Å²) in [6, 6.07) is 0.201. The first-order valence-electron chi connectivity index (χ1n) is 7.60. The van der Waals surface area contributed by atoms with Crippen molar-refractivity contribution in [3.63, 3.8) is 0 Å². The molecule has 2 unspecified atom stereocenters. The molecule has 2 fully saturated rings. The third-order valence-corrected chi connectivity index (χ3v) is 4.79. The summed E-state index contributed by atoms with van der Waals surface area (Å²) >= 11 is 0. The van der Waals surface area contributed by atoms with Gasteiger partial charge in [-0.25, -0.2) is 0 Å². The quantitative estimate of drug-likeness (QED) is 0.852. The van der Waals surface area contributed by atoms with Crippen molar-refractivity contribution in [3.05, 3.63) is 0 Å². The minimum atomic E-state index is -0.763. The van der Waals surface area contributed by atoms with E-state index in [1.807, 2.05) is 6.92 Å². The van der Waals surface area contributed by atoms with E-state index in [2.05, 4.69) is 0 Å².